The fourth-order valence-corrected chi connectivity index (χ4v) is 4.26. The Morgan fingerprint density at radius 2 is 2.15 bits per heavy atom. The van der Waals surface area contributed by atoms with Gasteiger partial charge in [0.15, 0.2) is 5.82 Å². The van der Waals surface area contributed by atoms with Gasteiger partial charge in [0.05, 0.1) is 21.5 Å². The minimum absolute atomic E-state index is 0. The molecule has 0 amide bonds. The summed E-state index contributed by atoms with van der Waals surface area (Å²) >= 11 is 6.24. The summed E-state index contributed by atoms with van der Waals surface area (Å²) < 4.78 is 32.7. The fourth-order valence-electron chi connectivity index (χ4n) is 2.79. The van der Waals surface area contributed by atoms with Crippen LogP contribution in [0.1, 0.15) is 25.7 Å². The summed E-state index contributed by atoms with van der Waals surface area (Å²) in [6.45, 7) is 6.02. The lowest BCUT2D eigenvalue weighted by atomic mass is 10.2. The number of halogens is 2. The molecule has 150 valence electrons. The number of rotatable bonds is 5. The van der Waals surface area contributed by atoms with Gasteiger partial charge in [-0.15, -0.1) is 12.4 Å². The Kier molecular flexibility index (Phi) is 7.23. The van der Waals surface area contributed by atoms with E-state index in [0.717, 1.165) is 19.6 Å². The first kappa shape index (κ1) is 22.1. The molecule has 1 aliphatic rings. The molecule has 27 heavy (non-hydrogen) atoms. The summed E-state index contributed by atoms with van der Waals surface area (Å²) in [5, 5.41) is 7.70. The second-order valence-electron chi connectivity index (χ2n) is 6.58. The van der Waals surface area contributed by atoms with Gasteiger partial charge in [0.25, 0.3) is 5.89 Å². The summed E-state index contributed by atoms with van der Waals surface area (Å²) in [7, 11) is -1.65. The van der Waals surface area contributed by atoms with Crippen LogP contribution < -0.4 is 10.0 Å². The van der Waals surface area contributed by atoms with E-state index in [0.29, 0.717) is 16.4 Å². The summed E-state index contributed by atoms with van der Waals surface area (Å²) in [6, 6.07) is 4.20. The summed E-state index contributed by atoms with van der Waals surface area (Å²) in [6.07, 6.45) is 0. The quantitative estimate of drug-likeness (QED) is 0.740. The summed E-state index contributed by atoms with van der Waals surface area (Å²) in [4.78, 5) is 6.68. The van der Waals surface area contributed by atoms with Gasteiger partial charge in [0.1, 0.15) is 0 Å². The van der Waals surface area contributed by atoms with Crippen molar-refractivity contribution in [1.29, 1.82) is 0 Å². The zero-order valence-corrected chi connectivity index (χ0v) is 17.7. The van der Waals surface area contributed by atoms with E-state index in [1.807, 2.05) is 7.05 Å². The van der Waals surface area contributed by atoms with Crippen LogP contribution in [0.2, 0.25) is 5.02 Å². The molecule has 0 aliphatic carbocycles. The van der Waals surface area contributed by atoms with Crippen molar-refractivity contribution in [2.24, 2.45) is 0 Å². The number of piperazine rings is 1. The highest BCUT2D eigenvalue weighted by Gasteiger charge is 2.26. The lowest BCUT2D eigenvalue weighted by Gasteiger charge is -2.30. The number of sulfonamides is 1. The molecule has 2 aromatic rings. The third-order valence-electron chi connectivity index (χ3n) is 4.12. The van der Waals surface area contributed by atoms with Gasteiger partial charge in [-0.05, 0) is 39.1 Å². The second-order valence-corrected chi connectivity index (χ2v) is 8.70. The second kappa shape index (κ2) is 8.85. The largest absolute Gasteiger partial charge is 0.334 e. The molecule has 2 N–H and O–H groups in total. The maximum absolute atomic E-state index is 12.4. The van der Waals surface area contributed by atoms with Crippen LogP contribution in [0, 0.1) is 0 Å². The number of nitrogens with one attached hydrogen (secondary N) is 2. The number of benzene rings is 1. The maximum atomic E-state index is 12.4. The third kappa shape index (κ3) is 4.98. The molecule has 2 heterocycles. The monoisotopic (exact) mass is 435 g/mol. The molecule has 1 fully saturated rings. The first-order valence-electron chi connectivity index (χ1n) is 8.35. The highest BCUT2D eigenvalue weighted by molar-refractivity contribution is 7.89. The van der Waals surface area contributed by atoms with Crippen LogP contribution >= 0.6 is 24.0 Å². The number of hydrogen-bond donors (Lipinski definition) is 2. The number of hydrogen-bond acceptors (Lipinski definition) is 7. The molecular formula is C16H23Cl2N5O3S. The maximum Gasteiger partial charge on any atom is 0.259 e. The Balaban J connectivity index is 0.00000261. The molecule has 0 saturated carbocycles. The van der Waals surface area contributed by atoms with Gasteiger partial charge in [-0.25, -0.2) is 13.1 Å². The van der Waals surface area contributed by atoms with Gasteiger partial charge in [-0.3, -0.25) is 4.90 Å². The van der Waals surface area contributed by atoms with Crippen molar-refractivity contribution in [2.75, 3.05) is 26.7 Å². The molecule has 1 saturated heterocycles. The molecule has 1 aliphatic heterocycles. The summed E-state index contributed by atoms with van der Waals surface area (Å²) in [5.74, 6) is 0.741. The van der Waals surface area contributed by atoms with Crippen molar-refractivity contribution in [3.63, 3.8) is 0 Å². The van der Waals surface area contributed by atoms with Gasteiger partial charge < -0.3 is 9.84 Å². The van der Waals surface area contributed by atoms with Gasteiger partial charge in [0.2, 0.25) is 10.0 Å². The number of nitrogens with zero attached hydrogens (tertiary/aromatic N) is 3. The van der Waals surface area contributed by atoms with Crippen molar-refractivity contribution >= 4 is 34.0 Å². The summed E-state index contributed by atoms with van der Waals surface area (Å²) in [5.41, 5.74) is 0.392. The van der Waals surface area contributed by atoms with E-state index < -0.39 is 10.0 Å². The number of aromatic nitrogens is 2. The molecule has 0 bridgehead atoms. The van der Waals surface area contributed by atoms with E-state index in [-0.39, 0.29) is 35.3 Å². The SMILES string of the molecule is CC(C)NS(=O)(=O)c1ccc(Cl)c(-c2nc(C3CNCCN3C)no2)c1.Cl. The minimum atomic E-state index is -3.65. The highest BCUT2D eigenvalue weighted by atomic mass is 35.5. The smallest absolute Gasteiger partial charge is 0.259 e. The van der Waals surface area contributed by atoms with E-state index in [2.05, 4.69) is 25.1 Å². The zero-order valence-electron chi connectivity index (χ0n) is 15.3. The van der Waals surface area contributed by atoms with Crippen LogP contribution in [-0.2, 0) is 10.0 Å². The van der Waals surface area contributed by atoms with Gasteiger partial charge in [0, 0.05) is 25.7 Å². The predicted octanol–water partition coefficient (Wildman–Crippen LogP) is 2.07. The topological polar surface area (TPSA) is 100 Å². The Morgan fingerprint density at radius 1 is 1.41 bits per heavy atom. The molecule has 3 rings (SSSR count). The highest BCUT2D eigenvalue weighted by Crippen LogP contribution is 2.30. The lowest BCUT2D eigenvalue weighted by Crippen LogP contribution is -2.44. The molecule has 1 atom stereocenters. The van der Waals surface area contributed by atoms with Crippen LogP contribution in [0.3, 0.4) is 0 Å². The Morgan fingerprint density at radius 3 is 2.81 bits per heavy atom. The van der Waals surface area contributed by atoms with Crippen molar-refractivity contribution in [2.45, 2.75) is 30.8 Å². The average molecular weight is 436 g/mol. The standard InChI is InChI=1S/C16H22ClN5O3S.ClH/c1-10(2)21-26(23,24)11-4-5-13(17)12(8-11)16-19-15(20-25-16)14-9-18-6-7-22(14)3;/h4-5,8,10,14,18,21H,6-7,9H2,1-3H3;1H. The Hall–Kier alpha value is -1.23. The molecular weight excluding hydrogens is 413 g/mol. The van der Waals surface area contributed by atoms with Crippen molar-refractivity contribution in [1.82, 2.24) is 25.1 Å². The van der Waals surface area contributed by atoms with Gasteiger partial charge in [-0.2, -0.15) is 4.98 Å². The molecule has 11 heteroatoms. The first-order chi connectivity index (χ1) is 12.3. The van der Waals surface area contributed by atoms with Crippen molar-refractivity contribution < 1.29 is 12.9 Å². The molecule has 8 nitrogen and oxygen atoms in total. The molecule has 1 aromatic heterocycles. The van der Waals surface area contributed by atoms with Gasteiger partial charge >= 0.3 is 0 Å². The third-order valence-corrected chi connectivity index (χ3v) is 6.11. The minimum Gasteiger partial charge on any atom is -0.334 e. The predicted molar refractivity (Wildman–Crippen MR) is 106 cm³/mol. The molecule has 1 unspecified atom stereocenters. The van der Waals surface area contributed by atoms with Gasteiger partial charge in [-0.1, -0.05) is 16.8 Å². The normalized spacial score (nSPS) is 18.5. The molecule has 0 radical (unpaired) electrons. The first-order valence-corrected chi connectivity index (χ1v) is 10.2. The van der Waals surface area contributed by atoms with Crippen molar-refractivity contribution in [3.8, 4) is 11.5 Å². The van der Waals surface area contributed by atoms with E-state index in [9.17, 15) is 8.42 Å². The van der Waals surface area contributed by atoms with Crippen LogP contribution in [0.5, 0.6) is 0 Å². The zero-order chi connectivity index (χ0) is 18.9. The van der Waals surface area contributed by atoms with Crippen LogP contribution in [0.15, 0.2) is 27.6 Å². The number of likely N-dealkylation sites (N-methyl/N-ethyl adjacent to an activating group) is 1. The van der Waals surface area contributed by atoms with E-state index in [4.69, 9.17) is 16.1 Å². The van der Waals surface area contributed by atoms with E-state index >= 15 is 0 Å². The Bertz CT molecular complexity index is 888. The molecule has 1 aromatic carbocycles. The van der Waals surface area contributed by atoms with Crippen LogP contribution in [0.25, 0.3) is 11.5 Å². The van der Waals surface area contributed by atoms with E-state index in [1.165, 1.54) is 18.2 Å². The molecule has 0 spiro atoms. The lowest BCUT2D eigenvalue weighted by molar-refractivity contribution is 0.190. The van der Waals surface area contributed by atoms with Crippen LogP contribution in [0.4, 0.5) is 0 Å². The average Bonchev–Trinajstić information content (AvgIpc) is 3.04. The van der Waals surface area contributed by atoms with E-state index in [1.54, 1.807) is 13.8 Å². The van der Waals surface area contributed by atoms with Crippen LogP contribution in [-0.4, -0.2) is 56.2 Å². The Labute approximate surface area is 170 Å². The van der Waals surface area contributed by atoms with Crippen molar-refractivity contribution in [3.05, 3.63) is 29.0 Å². The fraction of sp³-hybridized carbons (Fsp3) is 0.500.